The van der Waals surface area contributed by atoms with Crippen molar-refractivity contribution in [1.29, 1.82) is 0 Å². The van der Waals surface area contributed by atoms with Gasteiger partial charge in [0.2, 0.25) is 15.9 Å². The van der Waals surface area contributed by atoms with Crippen LogP contribution in [0.25, 0.3) is 0 Å². The van der Waals surface area contributed by atoms with Crippen LogP contribution in [0.5, 0.6) is 5.75 Å². The normalized spacial score (nSPS) is 13.7. The van der Waals surface area contributed by atoms with E-state index in [0.717, 1.165) is 51.4 Å². The van der Waals surface area contributed by atoms with E-state index in [9.17, 15) is 13.2 Å². The molecule has 1 aromatic carbocycles. The molecule has 0 saturated carbocycles. The molecule has 184 valence electrons. The quantitative estimate of drug-likeness (QED) is 0.319. The largest absolute Gasteiger partial charge is 0.495 e. The lowest BCUT2D eigenvalue weighted by Gasteiger charge is -2.30. The fraction of sp³-hybridized carbons (Fsp3) is 0.720. The van der Waals surface area contributed by atoms with Crippen LogP contribution in [0.1, 0.15) is 86.0 Å². The van der Waals surface area contributed by atoms with Crippen molar-refractivity contribution in [3.05, 3.63) is 18.2 Å². The predicted molar refractivity (Wildman–Crippen MR) is 133 cm³/mol. The molecule has 1 N–H and O–H groups in total. The second-order valence-electron chi connectivity index (χ2n) is 8.70. The van der Waals surface area contributed by atoms with Crippen LogP contribution in [0.15, 0.2) is 23.1 Å². The number of ether oxygens (including phenoxy) is 1. The van der Waals surface area contributed by atoms with Gasteiger partial charge in [-0.15, -0.1) is 0 Å². The van der Waals surface area contributed by atoms with Crippen molar-refractivity contribution in [3.63, 3.8) is 0 Å². The molecule has 0 fully saturated rings. The van der Waals surface area contributed by atoms with E-state index >= 15 is 0 Å². The Morgan fingerprint density at radius 3 is 1.94 bits per heavy atom. The van der Waals surface area contributed by atoms with Crippen LogP contribution in [0.4, 0.5) is 5.69 Å². The van der Waals surface area contributed by atoms with Crippen LogP contribution in [0.2, 0.25) is 0 Å². The summed E-state index contributed by atoms with van der Waals surface area (Å²) in [5.74, 6) is 0.836. The zero-order valence-corrected chi connectivity index (χ0v) is 21.8. The van der Waals surface area contributed by atoms with Gasteiger partial charge in [0, 0.05) is 20.0 Å². The number of carbonyl (C=O) groups is 1. The Hall–Kier alpha value is -1.60. The first-order chi connectivity index (χ1) is 15.2. The molecular formula is C25H44N2O4S. The van der Waals surface area contributed by atoms with E-state index in [4.69, 9.17) is 4.74 Å². The fourth-order valence-corrected chi connectivity index (χ4v) is 5.58. The maximum atomic E-state index is 13.8. The molecule has 0 spiro atoms. The highest BCUT2D eigenvalue weighted by Gasteiger charge is 2.29. The minimum absolute atomic E-state index is 0.192. The molecule has 1 rings (SSSR count). The SMILES string of the molecule is CCCCC(CC)CN(CC(CC)CCCC)S(=O)(=O)c1ccc(OC)c(NC(C)=O)c1. The van der Waals surface area contributed by atoms with Crippen LogP contribution < -0.4 is 10.1 Å². The summed E-state index contributed by atoms with van der Waals surface area (Å²) < 4.78 is 34.6. The Labute approximate surface area is 196 Å². The topological polar surface area (TPSA) is 75.7 Å². The Morgan fingerprint density at radius 1 is 1.00 bits per heavy atom. The van der Waals surface area contributed by atoms with Crippen molar-refractivity contribution in [2.75, 3.05) is 25.5 Å². The molecule has 0 bridgehead atoms. The molecule has 0 heterocycles. The first-order valence-corrected chi connectivity index (χ1v) is 13.6. The van der Waals surface area contributed by atoms with E-state index in [1.807, 2.05) is 0 Å². The van der Waals surface area contributed by atoms with Gasteiger partial charge in [0.15, 0.2) is 0 Å². The van der Waals surface area contributed by atoms with Crippen molar-refractivity contribution in [1.82, 2.24) is 4.31 Å². The molecule has 1 amide bonds. The van der Waals surface area contributed by atoms with Gasteiger partial charge < -0.3 is 10.1 Å². The molecule has 0 aliphatic carbocycles. The summed E-state index contributed by atoms with van der Waals surface area (Å²) in [4.78, 5) is 11.8. The summed E-state index contributed by atoms with van der Waals surface area (Å²) in [6.07, 6.45) is 8.40. The first kappa shape index (κ1) is 28.4. The van der Waals surface area contributed by atoms with Crippen LogP contribution in [0.3, 0.4) is 0 Å². The predicted octanol–water partition coefficient (Wildman–Crippen LogP) is 6.08. The highest BCUT2D eigenvalue weighted by molar-refractivity contribution is 7.89. The number of anilines is 1. The van der Waals surface area contributed by atoms with Gasteiger partial charge in [-0.25, -0.2) is 8.42 Å². The van der Waals surface area contributed by atoms with E-state index in [-0.39, 0.29) is 10.8 Å². The van der Waals surface area contributed by atoms with Crippen molar-refractivity contribution >= 4 is 21.6 Å². The highest BCUT2D eigenvalue weighted by atomic mass is 32.2. The molecule has 0 aliphatic rings. The maximum Gasteiger partial charge on any atom is 0.243 e. The Balaban J connectivity index is 3.33. The van der Waals surface area contributed by atoms with Gasteiger partial charge in [0.25, 0.3) is 0 Å². The average Bonchev–Trinajstić information content (AvgIpc) is 2.77. The smallest absolute Gasteiger partial charge is 0.243 e. The molecule has 0 aromatic heterocycles. The average molecular weight is 469 g/mol. The molecule has 2 unspecified atom stereocenters. The van der Waals surface area contributed by atoms with Crippen LogP contribution in [0, 0.1) is 11.8 Å². The number of nitrogens with zero attached hydrogens (tertiary/aromatic N) is 1. The van der Waals surface area contributed by atoms with Gasteiger partial charge in [0.05, 0.1) is 17.7 Å². The highest BCUT2D eigenvalue weighted by Crippen LogP contribution is 2.31. The number of carbonyl (C=O) groups excluding carboxylic acids is 1. The van der Waals surface area contributed by atoms with Gasteiger partial charge in [-0.1, -0.05) is 66.2 Å². The molecule has 0 radical (unpaired) electrons. The van der Waals surface area contributed by atoms with E-state index in [0.29, 0.717) is 36.4 Å². The number of nitrogens with one attached hydrogen (secondary N) is 1. The van der Waals surface area contributed by atoms with Crippen LogP contribution >= 0.6 is 0 Å². The van der Waals surface area contributed by atoms with Gasteiger partial charge >= 0.3 is 0 Å². The van der Waals surface area contributed by atoms with E-state index < -0.39 is 10.0 Å². The molecular weight excluding hydrogens is 424 g/mol. The van der Waals surface area contributed by atoms with Crippen molar-refractivity contribution in [2.45, 2.75) is 90.9 Å². The summed E-state index contributed by atoms with van der Waals surface area (Å²) in [7, 11) is -2.22. The van der Waals surface area contributed by atoms with Gasteiger partial charge in [-0.2, -0.15) is 4.31 Å². The number of rotatable bonds is 16. The standard InChI is InChI=1S/C25H44N2O4S/c1-7-11-13-21(9-3)18-27(19-22(10-4)14-12-8-2)32(29,30)23-15-16-25(31-6)24(17-23)26-20(5)28/h15-17,21-22H,7-14,18-19H2,1-6H3,(H,26,28). The van der Waals surface area contributed by atoms with E-state index in [1.54, 1.807) is 16.4 Å². The second kappa shape index (κ2) is 14.5. The number of sulfonamides is 1. The number of hydrogen-bond acceptors (Lipinski definition) is 4. The third-order valence-electron chi connectivity index (χ3n) is 6.13. The molecule has 0 aliphatic heterocycles. The number of unbranched alkanes of at least 4 members (excludes halogenated alkanes) is 2. The zero-order chi connectivity index (χ0) is 24.1. The first-order valence-electron chi connectivity index (χ1n) is 12.2. The molecule has 32 heavy (non-hydrogen) atoms. The third kappa shape index (κ3) is 8.74. The molecule has 7 heteroatoms. The molecule has 2 atom stereocenters. The van der Waals surface area contributed by atoms with E-state index in [2.05, 4.69) is 33.0 Å². The van der Waals surface area contributed by atoms with Gasteiger partial charge in [0.1, 0.15) is 5.75 Å². The summed E-state index contributed by atoms with van der Waals surface area (Å²) in [6, 6.07) is 4.70. The minimum atomic E-state index is -3.72. The van der Waals surface area contributed by atoms with Crippen molar-refractivity contribution in [2.24, 2.45) is 11.8 Å². The van der Waals surface area contributed by atoms with E-state index in [1.165, 1.54) is 20.1 Å². The monoisotopic (exact) mass is 468 g/mol. The summed E-state index contributed by atoms with van der Waals surface area (Å²) in [5, 5.41) is 2.69. The lowest BCUT2D eigenvalue weighted by atomic mass is 9.97. The lowest BCUT2D eigenvalue weighted by molar-refractivity contribution is -0.114. The van der Waals surface area contributed by atoms with Gasteiger partial charge in [-0.3, -0.25) is 4.79 Å². The molecule has 1 aromatic rings. The summed E-state index contributed by atoms with van der Waals surface area (Å²) in [6.45, 7) is 11.1. The van der Waals surface area contributed by atoms with Crippen LogP contribution in [-0.2, 0) is 14.8 Å². The number of hydrogen-bond donors (Lipinski definition) is 1. The van der Waals surface area contributed by atoms with Crippen molar-refractivity contribution < 1.29 is 17.9 Å². The Morgan fingerprint density at radius 2 is 1.53 bits per heavy atom. The minimum Gasteiger partial charge on any atom is -0.495 e. The van der Waals surface area contributed by atoms with Crippen LogP contribution in [-0.4, -0.2) is 38.8 Å². The van der Waals surface area contributed by atoms with Gasteiger partial charge in [-0.05, 0) is 42.9 Å². The lowest BCUT2D eigenvalue weighted by Crippen LogP contribution is -2.39. The molecule has 6 nitrogen and oxygen atoms in total. The molecule has 0 saturated heterocycles. The number of methoxy groups -OCH3 is 1. The fourth-order valence-electron chi connectivity index (χ4n) is 3.97. The Bertz CT molecular complexity index is 777. The summed E-state index contributed by atoms with van der Waals surface area (Å²) in [5.41, 5.74) is 0.372. The third-order valence-corrected chi connectivity index (χ3v) is 7.96. The number of benzene rings is 1. The Kier molecular flexibility index (Phi) is 12.9. The second-order valence-corrected chi connectivity index (χ2v) is 10.6. The maximum absolute atomic E-state index is 13.8. The van der Waals surface area contributed by atoms with Crippen molar-refractivity contribution in [3.8, 4) is 5.75 Å². The number of amides is 1. The summed E-state index contributed by atoms with van der Waals surface area (Å²) >= 11 is 0. The zero-order valence-electron chi connectivity index (χ0n) is 20.9.